The second-order valence-electron chi connectivity index (χ2n) is 2.64. The van der Waals surface area contributed by atoms with Gasteiger partial charge < -0.3 is 21.7 Å². The fraction of sp³-hybridized carbons (Fsp3) is 0.286. The van der Waals surface area contributed by atoms with E-state index in [1.54, 1.807) is 13.0 Å². The van der Waals surface area contributed by atoms with Crippen molar-refractivity contribution in [3.8, 4) is 0 Å². The zero-order valence-corrected chi connectivity index (χ0v) is 7.77. The molecule has 0 aliphatic heterocycles. The van der Waals surface area contributed by atoms with E-state index in [1.165, 1.54) is 0 Å². The van der Waals surface area contributed by atoms with E-state index in [2.05, 4.69) is 15.1 Å². The van der Waals surface area contributed by atoms with E-state index in [1.807, 2.05) is 0 Å². The molecule has 1 aromatic heterocycles. The van der Waals surface area contributed by atoms with Gasteiger partial charge in [0.25, 0.3) is 0 Å². The molecule has 0 unspecified atom stereocenters. The average Bonchev–Trinajstić information content (AvgIpc) is 2.47. The summed E-state index contributed by atoms with van der Waals surface area (Å²) >= 11 is 0. The lowest BCUT2D eigenvalue weighted by molar-refractivity contribution is 0.391. The number of hydrogen-bond acceptors (Lipinski definition) is 3. The van der Waals surface area contributed by atoms with E-state index in [4.69, 9.17) is 21.7 Å². The fourth-order valence-electron chi connectivity index (χ4n) is 0.822. The summed E-state index contributed by atoms with van der Waals surface area (Å²) in [6, 6.07) is 1.76. The number of hydrogen-bond donors (Lipinski definition) is 3. The molecule has 0 radical (unpaired) electrons. The van der Waals surface area contributed by atoms with E-state index in [0.29, 0.717) is 12.2 Å². The summed E-state index contributed by atoms with van der Waals surface area (Å²) in [5, 5.41) is 3.72. The highest BCUT2D eigenvalue weighted by Crippen LogP contribution is 2.02. The third-order valence-corrected chi connectivity index (χ3v) is 1.32. The summed E-state index contributed by atoms with van der Waals surface area (Å²) in [6.45, 7) is 2.08. The van der Waals surface area contributed by atoms with Gasteiger partial charge in [0, 0.05) is 6.07 Å². The van der Waals surface area contributed by atoms with Gasteiger partial charge in [-0.2, -0.15) is 4.99 Å². The first-order valence-corrected chi connectivity index (χ1v) is 3.89. The molecule has 1 heterocycles. The summed E-state index contributed by atoms with van der Waals surface area (Å²) in [5.74, 6) is 0.615. The minimum Gasteiger partial charge on any atom is -0.370 e. The molecule has 0 amide bonds. The van der Waals surface area contributed by atoms with E-state index in [9.17, 15) is 0 Å². The van der Waals surface area contributed by atoms with E-state index in [-0.39, 0.29) is 11.9 Å². The summed E-state index contributed by atoms with van der Waals surface area (Å²) < 4.78 is 4.83. The van der Waals surface area contributed by atoms with Crippen molar-refractivity contribution in [1.29, 1.82) is 0 Å². The van der Waals surface area contributed by atoms with Crippen LogP contribution in [0.1, 0.15) is 11.5 Å². The Balaban J connectivity index is 2.59. The second kappa shape index (κ2) is 4.26. The van der Waals surface area contributed by atoms with Crippen LogP contribution in [-0.4, -0.2) is 17.1 Å². The standard InChI is InChI=1S/C7H12N6O/c1-4-2-5(13-14-4)3-11-7(10)12-6(8)9/h2H,3H2,1H3,(H6,8,9,10,11,12). The first kappa shape index (κ1) is 10.0. The summed E-state index contributed by atoms with van der Waals surface area (Å²) in [7, 11) is 0. The minimum atomic E-state index is -0.123. The van der Waals surface area contributed by atoms with Gasteiger partial charge >= 0.3 is 0 Å². The van der Waals surface area contributed by atoms with Gasteiger partial charge in [0.15, 0.2) is 5.96 Å². The zero-order chi connectivity index (χ0) is 10.6. The number of aromatic nitrogens is 1. The molecule has 0 saturated heterocycles. The number of nitrogens with zero attached hydrogens (tertiary/aromatic N) is 3. The molecule has 0 aromatic carbocycles. The van der Waals surface area contributed by atoms with Crippen molar-refractivity contribution in [3.05, 3.63) is 17.5 Å². The number of aliphatic imine (C=N–C) groups is 2. The van der Waals surface area contributed by atoms with Crippen molar-refractivity contribution in [2.24, 2.45) is 27.2 Å². The van der Waals surface area contributed by atoms with Crippen molar-refractivity contribution in [2.75, 3.05) is 0 Å². The lowest BCUT2D eigenvalue weighted by Crippen LogP contribution is -2.26. The zero-order valence-electron chi connectivity index (χ0n) is 7.77. The van der Waals surface area contributed by atoms with Crippen LogP contribution >= 0.6 is 0 Å². The van der Waals surface area contributed by atoms with Gasteiger partial charge in [-0.25, -0.2) is 4.99 Å². The van der Waals surface area contributed by atoms with Crippen molar-refractivity contribution in [3.63, 3.8) is 0 Å². The highest BCUT2D eigenvalue weighted by atomic mass is 16.5. The lowest BCUT2D eigenvalue weighted by Gasteiger charge is -1.92. The summed E-state index contributed by atoms with van der Waals surface area (Å²) in [5.41, 5.74) is 16.2. The molecule has 1 rings (SSSR count). The predicted molar refractivity (Wildman–Crippen MR) is 52.4 cm³/mol. The summed E-state index contributed by atoms with van der Waals surface area (Å²) in [4.78, 5) is 7.41. The molecule has 7 nitrogen and oxygen atoms in total. The predicted octanol–water partition coefficient (Wildman–Crippen LogP) is -0.929. The van der Waals surface area contributed by atoms with Crippen LogP contribution in [0.4, 0.5) is 0 Å². The van der Waals surface area contributed by atoms with Gasteiger partial charge in [0.05, 0.1) is 6.54 Å². The van der Waals surface area contributed by atoms with Crippen molar-refractivity contribution in [1.82, 2.24) is 5.16 Å². The Kier molecular flexibility index (Phi) is 3.05. The first-order valence-electron chi connectivity index (χ1n) is 3.89. The Hall–Kier alpha value is -2.05. The Morgan fingerprint density at radius 2 is 2.21 bits per heavy atom. The topological polar surface area (TPSA) is 129 Å². The van der Waals surface area contributed by atoms with Crippen LogP contribution < -0.4 is 17.2 Å². The molecule has 6 N–H and O–H groups in total. The Bertz CT molecular complexity index is 362. The largest absolute Gasteiger partial charge is 0.370 e. The van der Waals surface area contributed by atoms with Crippen LogP contribution in [0.15, 0.2) is 20.6 Å². The molecule has 0 bridgehead atoms. The maximum atomic E-state index is 5.37. The third-order valence-electron chi connectivity index (χ3n) is 1.32. The molecule has 76 valence electrons. The molecule has 0 atom stereocenters. The van der Waals surface area contributed by atoms with Gasteiger partial charge in [0.2, 0.25) is 5.96 Å². The molecule has 14 heavy (non-hydrogen) atoms. The Morgan fingerprint density at radius 1 is 1.50 bits per heavy atom. The minimum absolute atomic E-state index is 0.0191. The van der Waals surface area contributed by atoms with Crippen LogP contribution in [0.5, 0.6) is 0 Å². The van der Waals surface area contributed by atoms with Gasteiger partial charge in [-0.15, -0.1) is 0 Å². The molecule has 0 fully saturated rings. The maximum absolute atomic E-state index is 5.37. The van der Waals surface area contributed by atoms with Crippen molar-refractivity contribution >= 4 is 11.9 Å². The van der Waals surface area contributed by atoms with Crippen molar-refractivity contribution < 1.29 is 4.52 Å². The molecule has 0 aliphatic carbocycles. The number of nitrogens with two attached hydrogens (primary N) is 3. The second-order valence-corrected chi connectivity index (χ2v) is 2.64. The molecular weight excluding hydrogens is 184 g/mol. The smallest absolute Gasteiger partial charge is 0.218 e. The van der Waals surface area contributed by atoms with Crippen LogP contribution in [0, 0.1) is 6.92 Å². The molecule has 7 heteroatoms. The first-order chi connectivity index (χ1) is 6.58. The van der Waals surface area contributed by atoms with Crippen LogP contribution in [0.2, 0.25) is 0 Å². The Labute approximate surface area is 80.7 Å². The number of guanidine groups is 2. The van der Waals surface area contributed by atoms with Gasteiger partial charge in [0.1, 0.15) is 11.5 Å². The Morgan fingerprint density at radius 3 is 2.71 bits per heavy atom. The SMILES string of the molecule is Cc1cc(CN=C(N)N=C(N)N)no1. The van der Waals surface area contributed by atoms with Crippen LogP contribution in [0.25, 0.3) is 0 Å². The van der Waals surface area contributed by atoms with Gasteiger partial charge in [-0.05, 0) is 6.92 Å². The number of rotatable bonds is 2. The lowest BCUT2D eigenvalue weighted by atomic mass is 10.4. The normalized spacial score (nSPS) is 11.4. The molecule has 0 saturated carbocycles. The highest BCUT2D eigenvalue weighted by molar-refractivity contribution is 5.92. The third kappa shape index (κ3) is 3.13. The van der Waals surface area contributed by atoms with Gasteiger partial charge in [-0.1, -0.05) is 5.16 Å². The maximum Gasteiger partial charge on any atom is 0.218 e. The van der Waals surface area contributed by atoms with Gasteiger partial charge in [-0.3, -0.25) is 0 Å². The fourth-order valence-corrected chi connectivity index (χ4v) is 0.822. The van der Waals surface area contributed by atoms with Crippen LogP contribution in [-0.2, 0) is 6.54 Å². The van der Waals surface area contributed by atoms with E-state index in [0.717, 1.165) is 5.76 Å². The van der Waals surface area contributed by atoms with E-state index >= 15 is 0 Å². The van der Waals surface area contributed by atoms with Crippen LogP contribution in [0.3, 0.4) is 0 Å². The quantitative estimate of drug-likeness (QED) is 0.415. The molecular formula is C7H12N6O. The average molecular weight is 196 g/mol. The molecule has 1 aromatic rings. The van der Waals surface area contributed by atoms with E-state index < -0.39 is 0 Å². The molecule has 0 spiro atoms. The summed E-state index contributed by atoms with van der Waals surface area (Å²) in [6.07, 6.45) is 0. The molecule has 0 aliphatic rings. The number of aryl methyl sites for hydroxylation is 1. The highest BCUT2D eigenvalue weighted by Gasteiger charge is 1.98. The van der Waals surface area contributed by atoms with Crippen molar-refractivity contribution in [2.45, 2.75) is 13.5 Å². The monoisotopic (exact) mass is 196 g/mol.